The minimum Gasteiger partial charge on any atom is -0.0801 e. The molecule has 2 rings (SSSR count). The topological polar surface area (TPSA) is 0 Å². The second-order valence-corrected chi connectivity index (χ2v) is 4.52. The van der Waals surface area contributed by atoms with Gasteiger partial charge in [0.05, 0.1) is 0 Å². The first-order valence-electron chi connectivity index (χ1n) is 6.88. The molecule has 0 atom stereocenters. The monoisotopic (exact) mass is 232 g/mol. The van der Waals surface area contributed by atoms with E-state index in [1.165, 1.54) is 16.7 Å². The average molecular weight is 232 g/mol. The maximum absolute atomic E-state index is 2.35. The van der Waals surface area contributed by atoms with Crippen LogP contribution in [0.15, 0.2) is 30.3 Å². The van der Waals surface area contributed by atoms with Crippen LogP contribution in [0.3, 0.4) is 0 Å². The van der Waals surface area contributed by atoms with Gasteiger partial charge >= 0.3 is 0 Å². The van der Waals surface area contributed by atoms with Gasteiger partial charge in [-0.15, -0.1) is 0 Å². The number of hydrogen-bond donors (Lipinski definition) is 0. The highest BCUT2D eigenvalue weighted by molar-refractivity contribution is 5.70. The van der Waals surface area contributed by atoms with E-state index in [-0.39, 0.29) is 0 Å². The molecule has 0 bridgehead atoms. The van der Waals surface area contributed by atoms with Crippen LogP contribution < -0.4 is 0 Å². The van der Waals surface area contributed by atoms with Crippen molar-refractivity contribution < 1.29 is 0 Å². The average Bonchev–Trinajstić information content (AvgIpc) is 2.40. The number of benzene rings is 1. The molecule has 1 aromatic carbocycles. The molecule has 0 nitrogen and oxygen atoms in total. The zero-order valence-corrected chi connectivity index (χ0v) is 12.6. The van der Waals surface area contributed by atoms with E-state index in [1.807, 2.05) is 27.7 Å². The lowest BCUT2D eigenvalue weighted by Crippen LogP contribution is -2.20. The Morgan fingerprint density at radius 2 is 1.47 bits per heavy atom. The van der Waals surface area contributed by atoms with Crippen molar-refractivity contribution in [2.45, 2.75) is 60.3 Å². The first kappa shape index (κ1) is 16.0. The smallest absolute Gasteiger partial charge is 0.00629 e. The van der Waals surface area contributed by atoms with Crippen LogP contribution in [0.2, 0.25) is 0 Å². The van der Waals surface area contributed by atoms with Crippen LogP contribution in [-0.4, -0.2) is 0 Å². The molecule has 0 amide bonds. The van der Waals surface area contributed by atoms with Crippen LogP contribution in [0.25, 0.3) is 5.57 Å². The van der Waals surface area contributed by atoms with Gasteiger partial charge in [-0.2, -0.15) is 0 Å². The Kier molecular flexibility index (Phi) is 6.87. The van der Waals surface area contributed by atoms with Crippen LogP contribution >= 0.6 is 0 Å². The van der Waals surface area contributed by atoms with E-state index < -0.39 is 0 Å². The van der Waals surface area contributed by atoms with Crippen LogP contribution in [0.5, 0.6) is 0 Å². The fourth-order valence-electron chi connectivity index (χ4n) is 2.05. The molecule has 0 N–H and O–H groups in total. The van der Waals surface area contributed by atoms with Crippen LogP contribution in [-0.2, 0) is 5.41 Å². The van der Waals surface area contributed by atoms with Crippen molar-refractivity contribution in [2.24, 2.45) is 0 Å². The first-order chi connectivity index (χ1) is 8.11. The quantitative estimate of drug-likeness (QED) is 0.528. The van der Waals surface area contributed by atoms with E-state index in [0.29, 0.717) is 5.41 Å². The third-order valence-corrected chi connectivity index (χ3v) is 3.00. The summed E-state index contributed by atoms with van der Waals surface area (Å²) in [5, 5.41) is 0. The molecular formula is C17H28. The molecule has 0 saturated heterocycles. The summed E-state index contributed by atoms with van der Waals surface area (Å²) in [6.07, 6.45) is 3.51. The van der Waals surface area contributed by atoms with Gasteiger partial charge in [-0.3, -0.25) is 0 Å². The Balaban J connectivity index is 0.000000581. The SMILES string of the molecule is CC.CC.CC1=CCC(C)(C)c2ccccc21. The highest BCUT2D eigenvalue weighted by Gasteiger charge is 2.25. The molecule has 0 heteroatoms. The lowest BCUT2D eigenvalue weighted by atomic mass is 9.74. The maximum atomic E-state index is 2.35. The molecule has 1 aliphatic rings. The van der Waals surface area contributed by atoms with E-state index in [0.717, 1.165) is 6.42 Å². The Hall–Kier alpha value is -1.04. The molecule has 96 valence electrons. The molecule has 0 heterocycles. The zero-order chi connectivity index (χ0) is 13.5. The van der Waals surface area contributed by atoms with Crippen LogP contribution in [0.4, 0.5) is 0 Å². The van der Waals surface area contributed by atoms with Gasteiger partial charge < -0.3 is 0 Å². The van der Waals surface area contributed by atoms with Gasteiger partial charge in [-0.05, 0) is 35.5 Å². The second kappa shape index (κ2) is 7.32. The first-order valence-corrected chi connectivity index (χ1v) is 6.88. The molecule has 0 spiro atoms. The predicted octanol–water partition coefficient (Wildman–Crippen LogP) is 5.82. The summed E-state index contributed by atoms with van der Waals surface area (Å²) in [5.74, 6) is 0. The van der Waals surface area contributed by atoms with Crippen molar-refractivity contribution in [1.29, 1.82) is 0 Å². The second-order valence-electron chi connectivity index (χ2n) is 4.52. The van der Waals surface area contributed by atoms with Gasteiger partial charge in [-0.25, -0.2) is 0 Å². The molecular weight excluding hydrogens is 204 g/mol. The van der Waals surface area contributed by atoms with Crippen molar-refractivity contribution in [2.75, 3.05) is 0 Å². The summed E-state index contributed by atoms with van der Waals surface area (Å²) in [6.45, 7) is 14.8. The summed E-state index contributed by atoms with van der Waals surface area (Å²) in [5.41, 5.74) is 4.67. The zero-order valence-electron chi connectivity index (χ0n) is 12.6. The number of rotatable bonds is 0. The van der Waals surface area contributed by atoms with E-state index in [1.54, 1.807) is 0 Å². The summed E-state index contributed by atoms with van der Waals surface area (Å²) in [7, 11) is 0. The summed E-state index contributed by atoms with van der Waals surface area (Å²) >= 11 is 0. The summed E-state index contributed by atoms with van der Waals surface area (Å²) < 4.78 is 0. The van der Waals surface area contributed by atoms with E-state index in [2.05, 4.69) is 51.1 Å². The van der Waals surface area contributed by atoms with Gasteiger partial charge in [0.1, 0.15) is 0 Å². The Labute approximate surface area is 108 Å². The Bertz CT molecular complexity index is 356. The predicted molar refractivity (Wildman–Crippen MR) is 80.4 cm³/mol. The van der Waals surface area contributed by atoms with Crippen LogP contribution in [0, 0.1) is 0 Å². The molecule has 0 aromatic heterocycles. The third kappa shape index (κ3) is 3.73. The molecule has 0 saturated carbocycles. The van der Waals surface area contributed by atoms with Crippen molar-refractivity contribution in [3.05, 3.63) is 41.5 Å². The minimum atomic E-state index is 0.316. The van der Waals surface area contributed by atoms with E-state index in [4.69, 9.17) is 0 Å². The number of fused-ring (bicyclic) bond motifs is 1. The Morgan fingerprint density at radius 1 is 0.941 bits per heavy atom. The van der Waals surface area contributed by atoms with Gasteiger partial charge in [0, 0.05) is 0 Å². The fraction of sp³-hybridized carbons (Fsp3) is 0.529. The van der Waals surface area contributed by atoms with Gasteiger partial charge in [0.15, 0.2) is 0 Å². The normalized spacial score (nSPS) is 15.4. The van der Waals surface area contributed by atoms with Gasteiger partial charge in [-0.1, -0.05) is 71.9 Å². The fourth-order valence-corrected chi connectivity index (χ4v) is 2.05. The molecule has 1 aromatic rings. The molecule has 0 radical (unpaired) electrons. The third-order valence-electron chi connectivity index (χ3n) is 3.00. The highest BCUT2D eigenvalue weighted by atomic mass is 14.3. The summed E-state index contributed by atoms with van der Waals surface area (Å²) in [4.78, 5) is 0. The molecule has 0 aliphatic heterocycles. The largest absolute Gasteiger partial charge is 0.0801 e. The number of hydrogen-bond acceptors (Lipinski definition) is 0. The molecule has 17 heavy (non-hydrogen) atoms. The lowest BCUT2D eigenvalue weighted by Gasteiger charge is -2.31. The standard InChI is InChI=1S/C13H16.2C2H6/c1-10-8-9-13(2,3)12-7-5-4-6-11(10)12;2*1-2/h4-8H,9H2,1-3H3;2*1-2H3. The lowest BCUT2D eigenvalue weighted by molar-refractivity contribution is 0.527. The summed E-state index contributed by atoms with van der Waals surface area (Å²) in [6, 6.07) is 8.74. The number of allylic oxidation sites excluding steroid dienone is 2. The van der Waals surface area contributed by atoms with Crippen LogP contribution in [0.1, 0.15) is 66.0 Å². The minimum absolute atomic E-state index is 0.316. The van der Waals surface area contributed by atoms with Gasteiger partial charge in [0.2, 0.25) is 0 Å². The van der Waals surface area contributed by atoms with E-state index in [9.17, 15) is 0 Å². The van der Waals surface area contributed by atoms with Crippen molar-refractivity contribution in [1.82, 2.24) is 0 Å². The molecule has 0 unspecified atom stereocenters. The van der Waals surface area contributed by atoms with Crippen molar-refractivity contribution >= 4 is 5.57 Å². The highest BCUT2D eigenvalue weighted by Crippen LogP contribution is 2.38. The molecule has 0 fully saturated rings. The Morgan fingerprint density at radius 3 is 2.00 bits per heavy atom. The van der Waals surface area contributed by atoms with Gasteiger partial charge in [0.25, 0.3) is 0 Å². The van der Waals surface area contributed by atoms with E-state index >= 15 is 0 Å². The van der Waals surface area contributed by atoms with Crippen molar-refractivity contribution in [3.8, 4) is 0 Å². The molecule has 1 aliphatic carbocycles. The maximum Gasteiger partial charge on any atom is -0.00629 e. The van der Waals surface area contributed by atoms with Crippen molar-refractivity contribution in [3.63, 3.8) is 0 Å².